The summed E-state index contributed by atoms with van der Waals surface area (Å²) in [6, 6.07) is 0. The first kappa shape index (κ1) is 25.5. The first-order valence-electron chi connectivity index (χ1n) is 8.88. The van der Waals surface area contributed by atoms with Gasteiger partial charge in [-0.15, -0.1) is 0 Å². The maximum Gasteiger partial charge on any atom is 0.248 e. The zero-order valence-corrected chi connectivity index (χ0v) is 15.9. The molecule has 0 aliphatic heterocycles. The Hall–Kier alpha value is -0.400. The van der Waals surface area contributed by atoms with Crippen LogP contribution in [-0.2, 0) is 0 Å². The molecule has 0 aliphatic carbocycles. The van der Waals surface area contributed by atoms with Gasteiger partial charge in [0.1, 0.15) is 0 Å². The van der Waals surface area contributed by atoms with Crippen LogP contribution in [0.1, 0.15) is 100 Å². The van der Waals surface area contributed by atoms with Crippen molar-refractivity contribution in [1.82, 2.24) is 0 Å². The van der Waals surface area contributed by atoms with Crippen molar-refractivity contribution in [2.24, 2.45) is 5.92 Å². The first-order chi connectivity index (χ1) is 9.87. The van der Waals surface area contributed by atoms with Gasteiger partial charge in [0.25, 0.3) is 0 Å². The van der Waals surface area contributed by atoms with Crippen molar-refractivity contribution in [3.8, 4) is 0 Å². The average molecular weight is 307 g/mol. The second-order valence-electron chi connectivity index (χ2n) is 5.28. The molecule has 0 atom stereocenters. The number of allylic oxidation sites excluding steroid dienone is 2. The fraction of sp³-hybridized carbons (Fsp3) is 0.895. The molecule has 0 aromatic carbocycles. The maximum absolute atomic E-state index is 12.8. The molecule has 0 nitrogen and oxygen atoms in total. The predicted octanol–water partition coefficient (Wildman–Crippen LogP) is 8.03. The zero-order chi connectivity index (χ0) is 17.3. The van der Waals surface area contributed by atoms with Crippen LogP contribution in [0.15, 0.2) is 11.6 Å². The Kier molecular flexibility index (Phi) is 21.5. The van der Waals surface area contributed by atoms with Crippen LogP contribution in [0.5, 0.6) is 0 Å². The fourth-order valence-corrected chi connectivity index (χ4v) is 2.19. The molecule has 0 spiro atoms. The van der Waals surface area contributed by atoms with Crippen molar-refractivity contribution in [2.75, 3.05) is 0 Å². The van der Waals surface area contributed by atoms with Crippen LogP contribution in [0.4, 0.5) is 8.78 Å². The molecule has 0 heterocycles. The summed E-state index contributed by atoms with van der Waals surface area (Å²) in [6.07, 6.45) is 9.03. The van der Waals surface area contributed by atoms with Crippen LogP contribution >= 0.6 is 0 Å². The number of rotatable bonds is 8. The van der Waals surface area contributed by atoms with Crippen molar-refractivity contribution in [3.63, 3.8) is 0 Å². The van der Waals surface area contributed by atoms with E-state index in [4.69, 9.17) is 0 Å². The average Bonchev–Trinajstić information content (AvgIpc) is 2.46. The molecule has 0 rings (SSSR count). The van der Waals surface area contributed by atoms with Crippen LogP contribution in [0.3, 0.4) is 0 Å². The summed E-state index contributed by atoms with van der Waals surface area (Å²) in [6.45, 7) is 15.5. The van der Waals surface area contributed by atoms with Gasteiger partial charge in [-0.1, -0.05) is 72.5 Å². The third-order valence-corrected chi connectivity index (χ3v) is 3.42. The smallest absolute Gasteiger partial charge is 0.207 e. The number of halogens is 2. The number of hydrogen-bond donors (Lipinski definition) is 0. The lowest BCUT2D eigenvalue weighted by Crippen LogP contribution is -2.23. The Bertz CT molecular complexity index is 208. The van der Waals surface area contributed by atoms with E-state index in [9.17, 15) is 8.78 Å². The van der Waals surface area contributed by atoms with Gasteiger partial charge in [-0.2, -0.15) is 0 Å². The van der Waals surface area contributed by atoms with Crippen LogP contribution in [-0.4, -0.2) is 5.92 Å². The molecule has 0 amide bonds. The minimum atomic E-state index is -2.48. The van der Waals surface area contributed by atoms with E-state index in [1.807, 2.05) is 27.7 Å². The van der Waals surface area contributed by atoms with Crippen molar-refractivity contribution >= 4 is 0 Å². The van der Waals surface area contributed by atoms with E-state index in [1.165, 1.54) is 19.3 Å². The molecule has 2 heteroatoms. The van der Waals surface area contributed by atoms with E-state index in [0.717, 1.165) is 19.8 Å². The highest BCUT2D eigenvalue weighted by Gasteiger charge is 2.31. The molecular weight excluding hydrogens is 266 g/mol. The molecule has 21 heavy (non-hydrogen) atoms. The van der Waals surface area contributed by atoms with Crippen molar-refractivity contribution in [3.05, 3.63) is 11.6 Å². The second-order valence-corrected chi connectivity index (χ2v) is 5.28. The fourth-order valence-electron chi connectivity index (χ4n) is 2.19. The van der Waals surface area contributed by atoms with E-state index in [1.54, 1.807) is 5.57 Å². The van der Waals surface area contributed by atoms with Crippen LogP contribution in [0.2, 0.25) is 0 Å². The van der Waals surface area contributed by atoms with Gasteiger partial charge in [0.2, 0.25) is 5.92 Å². The lowest BCUT2D eigenvalue weighted by Gasteiger charge is -2.22. The van der Waals surface area contributed by atoms with Gasteiger partial charge in [0, 0.05) is 5.92 Å². The summed E-state index contributed by atoms with van der Waals surface area (Å²) >= 11 is 0. The Morgan fingerprint density at radius 2 is 1.38 bits per heavy atom. The molecule has 0 N–H and O–H groups in total. The van der Waals surface area contributed by atoms with E-state index >= 15 is 0 Å². The van der Waals surface area contributed by atoms with E-state index in [0.29, 0.717) is 12.8 Å². The highest BCUT2D eigenvalue weighted by atomic mass is 19.3. The van der Waals surface area contributed by atoms with Crippen molar-refractivity contribution in [1.29, 1.82) is 0 Å². The molecule has 0 aromatic rings. The Morgan fingerprint density at radius 3 is 1.52 bits per heavy atom. The number of alkyl halides is 2. The molecule has 130 valence electrons. The predicted molar refractivity (Wildman–Crippen MR) is 94.2 cm³/mol. The van der Waals surface area contributed by atoms with Gasteiger partial charge in [-0.05, 0) is 39.5 Å². The maximum atomic E-state index is 12.8. The van der Waals surface area contributed by atoms with Gasteiger partial charge in [0.05, 0.1) is 0 Å². The molecule has 0 unspecified atom stereocenters. The molecule has 0 saturated carbocycles. The monoisotopic (exact) mass is 306 g/mol. The van der Waals surface area contributed by atoms with E-state index in [-0.39, 0.29) is 0 Å². The van der Waals surface area contributed by atoms with Crippen molar-refractivity contribution < 1.29 is 8.78 Å². The molecule has 0 bridgehead atoms. The number of hydrogen-bond acceptors (Lipinski definition) is 0. The van der Waals surface area contributed by atoms with Gasteiger partial charge < -0.3 is 0 Å². The van der Waals surface area contributed by atoms with Gasteiger partial charge in [-0.25, -0.2) is 8.78 Å². The standard InChI is InChI=1S/C9H18F2.C8H16.C2H6/c1-4-6-8(7-5-2)9(3,10)11;1-4-7-8(5-2)6-3;1-2/h8H,4-7H2,1-3H3;5H,4,6-7H2,1-3H3;1-2H3/b;8-5+;. The molecule has 0 aliphatic rings. The minimum Gasteiger partial charge on any atom is -0.207 e. The van der Waals surface area contributed by atoms with Crippen LogP contribution in [0, 0.1) is 5.92 Å². The van der Waals surface area contributed by atoms with Crippen molar-refractivity contribution in [2.45, 2.75) is 106 Å². The van der Waals surface area contributed by atoms with Gasteiger partial charge in [0.15, 0.2) is 0 Å². The molecule has 0 aromatic heterocycles. The SMILES string of the molecule is C/C=C(\CC)CCC.CC.CCCC(CCC)C(C)(F)F. The third kappa shape index (κ3) is 17.5. The molecule has 0 saturated heterocycles. The summed E-state index contributed by atoms with van der Waals surface area (Å²) in [5.41, 5.74) is 1.59. The lowest BCUT2D eigenvalue weighted by atomic mass is 9.93. The van der Waals surface area contributed by atoms with Crippen LogP contribution in [0.25, 0.3) is 0 Å². The zero-order valence-electron chi connectivity index (χ0n) is 15.9. The van der Waals surface area contributed by atoms with Crippen LogP contribution < -0.4 is 0 Å². The summed E-state index contributed by atoms with van der Waals surface area (Å²) in [5.74, 6) is -2.89. The van der Waals surface area contributed by atoms with E-state index < -0.39 is 11.8 Å². The third-order valence-electron chi connectivity index (χ3n) is 3.42. The highest BCUT2D eigenvalue weighted by molar-refractivity contribution is 4.98. The minimum absolute atomic E-state index is 0.405. The van der Waals surface area contributed by atoms with Gasteiger partial charge >= 0.3 is 0 Å². The summed E-state index contributed by atoms with van der Waals surface area (Å²) < 4.78 is 25.5. The Morgan fingerprint density at radius 1 is 0.952 bits per heavy atom. The summed E-state index contributed by atoms with van der Waals surface area (Å²) in [4.78, 5) is 0. The molecular formula is C19H40F2. The molecule has 0 fully saturated rings. The van der Waals surface area contributed by atoms with E-state index in [2.05, 4.69) is 26.8 Å². The topological polar surface area (TPSA) is 0 Å². The lowest BCUT2D eigenvalue weighted by molar-refractivity contribution is -0.0464. The quantitative estimate of drug-likeness (QED) is 0.398. The Balaban J connectivity index is -0.000000286. The first-order valence-corrected chi connectivity index (χ1v) is 8.88. The normalized spacial score (nSPS) is 11.5. The highest BCUT2D eigenvalue weighted by Crippen LogP contribution is 2.31. The van der Waals surface area contributed by atoms with Gasteiger partial charge in [-0.3, -0.25) is 0 Å². The summed E-state index contributed by atoms with van der Waals surface area (Å²) in [7, 11) is 0. The second kappa shape index (κ2) is 17.7. The molecule has 0 radical (unpaired) electrons. The summed E-state index contributed by atoms with van der Waals surface area (Å²) in [5, 5.41) is 0. The largest absolute Gasteiger partial charge is 0.248 e. The Labute approximate surface area is 133 Å².